The predicted molar refractivity (Wildman–Crippen MR) is 141 cm³/mol. The standard InChI is InChI=1S/C26H26ClN3O5S/c1-4-15-28-26(32)21-7-5-6-8-22(21)29-25(31)17-30(23-16-19(27)11-14-24(23)35-3)36(33,34)20-12-9-18(2)10-13-20/h4-14,16H,1,15,17H2,2-3H3,(H,28,32)(H,29,31). The zero-order valence-electron chi connectivity index (χ0n) is 19.8. The van der Waals surface area contributed by atoms with Gasteiger partial charge < -0.3 is 15.4 Å². The lowest BCUT2D eigenvalue weighted by Gasteiger charge is -2.26. The second kappa shape index (κ2) is 11.7. The lowest BCUT2D eigenvalue weighted by molar-refractivity contribution is -0.114. The number of rotatable bonds is 10. The predicted octanol–water partition coefficient (Wildman–Crippen LogP) is 4.41. The van der Waals surface area contributed by atoms with E-state index in [-0.39, 0.29) is 39.2 Å². The highest BCUT2D eigenvalue weighted by Gasteiger charge is 2.30. The second-order valence-electron chi connectivity index (χ2n) is 7.73. The van der Waals surface area contributed by atoms with Gasteiger partial charge in [0.15, 0.2) is 0 Å². The summed E-state index contributed by atoms with van der Waals surface area (Å²) in [7, 11) is -2.81. The Hall–Kier alpha value is -3.82. The van der Waals surface area contributed by atoms with Gasteiger partial charge in [-0.3, -0.25) is 13.9 Å². The van der Waals surface area contributed by atoms with Crippen molar-refractivity contribution in [1.82, 2.24) is 5.32 Å². The fourth-order valence-electron chi connectivity index (χ4n) is 3.37. The molecule has 0 aliphatic heterocycles. The third-order valence-electron chi connectivity index (χ3n) is 5.16. The maximum atomic E-state index is 13.7. The summed E-state index contributed by atoms with van der Waals surface area (Å²) in [6, 6.07) is 17.2. The van der Waals surface area contributed by atoms with Crippen LogP contribution in [-0.4, -0.2) is 40.4 Å². The minimum atomic E-state index is -4.20. The number of benzene rings is 3. The van der Waals surface area contributed by atoms with E-state index in [9.17, 15) is 18.0 Å². The molecule has 0 bridgehead atoms. The molecule has 8 nitrogen and oxygen atoms in total. The molecule has 188 valence electrons. The SMILES string of the molecule is C=CCNC(=O)c1ccccc1NC(=O)CN(c1cc(Cl)ccc1OC)S(=O)(=O)c1ccc(C)cc1. The molecule has 0 aliphatic rings. The lowest BCUT2D eigenvalue weighted by Crippen LogP contribution is -2.38. The first kappa shape index (κ1) is 26.8. The van der Waals surface area contributed by atoms with Crippen LogP contribution in [0.4, 0.5) is 11.4 Å². The van der Waals surface area contributed by atoms with Crippen molar-refractivity contribution in [3.05, 3.63) is 95.5 Å². The molecule has 0 spiro atoms. The number of para-hydroxylation sites is 1. The third kappa shape index (κ3) is 6.24. The molecular weight excluding hydrogens is 502 g/mol. The molecule has 0 atom stereocenters. The largest absolute Gasteiger partial charge is 0.495 e. The fraction of sp³-hybridized carbons (Fsp3) is 0.154. The van der Waals surface area contributed by atoms with Crippen LogP contribution in [0.5, 0.6) is 5.75 Å². The number of carbonyl (C=O) groups excluding carboxylic acids is 2. The number of ether oxygens (including phenoxy) is 1. The van der Waals surface area contributed by atoms with E-state index in [2.05, 4.69) is 17.2 Å². The maximum Gasteiger partial charge on any atom is 0.264 e. The van der Waals surface area contributed by atoms with E-state index in [0.29, 0.717) is 0 Å². The van der Waals surface area contributed by atoms with E-state index in [1.54, 1.807) is 42.5 Å². The van der Waals surface area contributed by atoms with Crippen molar-refractivity contribution in [2.24, 2.45) is 0 Å². The number of nitrogens with zero attached hydrogens (tertiary/aromatic N) is 1. The van der Waals surface area contributed by atoms with Crippen LogP contribution in [0.15, 0.2) is 84.3 Å². The molecule has 0 heterocycles. The summed E-state index contributed by atoms with van der Waals surface area (Å²) < 4.78 is 33.6. The molecule has 3 rings (SSSR count). The molecule has 36 heavy (non-hydrogen) atoms. The lowest BCUT2D eigenvalue weighted by atomic mass is 10.1. The van der Waals surface area contributed by atoms with Crippen LogP contribution < -0.4 is 19.7 Å². The summed E-state index contributed by atoms with van der Waals surface area (Å²) in [6.07, 6.45) is 1.53. The van der Waals surface area contributed by atoms with Crippen LogP contribution in [0.25, 0.3) is 0 Å². The van der Waals surface area contributed by atoms with E-state index < -0.39 is 28.4 Å². The van der Waals surface area contributed by atoms with Crippen LogP contribution in [-0.2, 0) is 14.8 Å². The Kier molecular flexibility index (Phi) is 8.73. The number of carbonyl (C=O) groups is 2. The van der Waals surface area contributed by atoms with Crippen molar-refractivity contribution < 1.29 is 22.7 Å². The molecule has 0 aliphatic carbocycles. The number of methoxy groups -OCH3 is 1. The first-order chi connectivity index (χ1) is 17.2. The van der Waals surface area contributed by atoms with Crippen LogP contribution in [0.1, 0.15) is 15.9 Å². The number of halogens is 1. The summed E-state index contributed by atoms with van der Waals surface area (Å²) in [5, 5.41) is 5.57. The highest BCUT2D eigenvalue weighted by atomic mass is 35.5. The van der Waals surface area contributed by atoms with Crippen molar-refractivity contribution in [3.8, 4) is 5.75 Å². The molecule has 0 aromatic heterocycles. The fourth-order valence-corrected chi connectivity index (χ4v) is 4.96. The normalized spacial score (nSPS) is 10.9. The van der Waals surface area contributed by atoms with Gasteiger partial charge in [-0.2, -0.15) is 0 Å². The van der Waals surface area contributed by atoms with Crippen molar-refractivity contribution in [2.75, 3.05) is 29.8 Å². The Bertz CT molecular complexity index is 1370. The van der Waals surface area contributed by atoms with Gasteiger partial charge in [-0.05, 0) is 49.4 Å². The Morgan fingerprint density at radius 3 is 2.44 bits per heavy atom. The Balaban J connectivity index is 2.00. The number of aryl methyl sites for hydroxylation is 1. The van der Waals surface area contributed by atoms with Gasteiger partial charge >= 0.3 is 0 Å². The molecule has 2 N–H and O–H groups in total. The van der Waals surface area contributed by atoms with Crippen molar-refractivity contribution in [1.29, 1.82) is 0 Å². The highest BCUT2D eigenvalue weighted by Crippen LogP contribution is 2.35. The number of sulfonamides is 1. The monoisotopic (exact) mass is 527 g/mol. The summed E-state index contributed by atoms with van der Waals surface area (Å²) >= 11 is 6.17. The molecule has 10 heteroatoms. The topological polar surface area (TPSA) is 105 Å². The highest BCUT2D eigenvalue weighted by molar-refractivity contribution is 7.92. The molecule has 0 radical (unpaired) electrons. The molecule has 0 saturated carbocycles. The number of hydrogen-bond donors (Lipinski definition) is 2. The zero-order valence-corrected chi connectivity index (χ0v) is 21.4. The van der Waals surface area contributed by atoms with Crippen molar-refractivity contribution in [2.45, 2.75) is 11.8 Å². The zero-order chi connectivity index (χ0) is 26.3. The van der Waals surface area contributed by atoms with E-state index >= 15 is 0 Å². The van der Waals surface area contributed by atoms with Crippen molar-refractivity contribution >= 4 is 44.8 Å². The van der Waals surface area contributed by atoms with E-state index in [0.717, 1.165) is 9.87 Å². The Labute approximate surface area is 215 Å². The van der Waals surface area contributed by atoms with Gasteiger partial charge in [0, 0.05) is 11.6 Å². The smallest absolute Gasteiger partial charge is 0.264 e. The Morgan fingerprint density at radius 2 is 1.78 bits per heavy atom. The van der Waals surface area contributed by atoms with Crippen LogP contribution in [0.3, 0.4) is 0 Å². The number of nitrogens with one attached hydrogen (secondary N) is 2. The van der Waals surface area contributed by atoms with Crippen LogP contribution in [0, 0.1) is 6.92 Å². The molecule has 0 unspecified atom stereocenters. The first-order valence-corrected chi connectivity index (χ1v) is 12.7. The van der Waals surface area contributed by atoms with Crippen molar-refractivity contribution in [3.63, 3.8) is 0 Å². The molecule has 2 amide bonds. The minimum Gasteiger partial charge on any atom is -0.495 e. The molecule has 0 fully saturated rings. The Morgan fingerprint density at radius 1 is 1.08 bits per heavy atom. The van der Waals surface area contributed by atoms with Gasteiger partial charge in [0.1, 0.15) is 12.3 Å². The molecule has 0 saturated heterocycles. The van der Waals surface area contributed by atoms with Gasteiger partial charge in [-0.15, -0.1) is 6.58 Å². The van der Waals surface area contributed by atoms with Gasteiger partial charge in [0.05, 0.1) is 28.9 Å². The van der Waals surface area contributed by atoms with E-state index in [1.807, 2.05) is 6.92 Å². The quantitative estimate of drug-likeness (QED) is 0.380. The molecule has 3 aromatic rings. The second-order valence-corrected chi connectivity index (χ2v) is 10.0. The van der Waals surface area contributed by atoms with Gasteiger partial charge in [0.2, 0.25) is 5.91 Å². The molecule has 3 aromatic carbocycles. The maximum absolute atomic E-state index is 13.7. The van der Waals surface area contributed by atoms with E-state index in [1.165, 1.54) is 37.5 Å². The summed E-state index contributed by atoms with van der Waals surface area (Å²) in [5.41, 5.74) is 1.43. The molecular formula is C26H26ClN3O5S. The van der Waals surface area contributed by atoms with Gasteiger partial charge in [0.25, 0.3) is 15.9 Å². The van der Waals surface area contributed by atoms with Gasteiger partial charge in [-0.1, -0.05) is 47.5 Å². The first-order valence-electron chi connectivity index (χ1n) is 10.9. The van der Waals surface area contributed by atoms with E-state index in [4.69, 9.17) is 16.3 Å². The number of hydrogen-bond acceptors (Lipinski definition) is 5. The summed E-state index contributed by atoms with van der Waals surface area (Å²) in [4.78, 5) is 25.7. The minimum absolute atomic E-state index is 0.00729. The summed E-state index contributed by atoms with van der Waals surface area (Å²) in [6.45, 7) is 5.05. The third-order valence-corrected chi connectivity index (χ3v) is 7.17. The number of anilines is 2. The summed E-state index contributed by atoms with van der Waals surface area (Å²) in [5.74, 6) is -0.866. The van der Waals surface area contributed by atoms with Crippen LogP contribution >= 0.6 is 11.6 Å². The average molecular weight is 528 g/mol. The average Bonchev–Trinajstić information content (AvgIpc) is 2.86. The van der Waals surface area contributed by atoms with Gasteiger partial charge in [-0.25, -0.2) is 8.42 Å². The number of amides is 2. The van der Waals surface area contributed by atoms with Crippen LogP contribution in [0.2, 0.25) is 5.02 Å².